The first-order chi connectivity index (χ1) is 17.1. The van der Waals surface area contributed by atoms with Crippen molar-refractivity contribution in [1.82, 2.24) is 19.4 Å². The number of rotatable bonds is 6. The van der Waals surface area contributed by atoms with Crippen LogP contribution in [0.15, 0.2) is 90.0 Å². The number of anilines is 1. The largest absolute Gasteiger partial charge is 0.507 e. The van der Waals surface area contributed by atoms with Crippen LogP contribution < -0.4 is 10.5 Å². The molecule has 1 aliphatic heterocycles. The molecule has 0 spiro atoms. The third-order valence-corrected chi connectivity index (χ3v) is 6.61. The Kier molecular flexibility index (Phi) is 6.59. The van der Waals surface area contributed by atoms with Gasteiger partial charge in [0.15, 0.2) is 0 Å². The normalized spacial score (nSPS) is 15.2. The molecule has 7 heteroatoms. The number of nitrogens with zero attached hydrogens (tertiary/aromatic N) is 5. The average molecular weight is 468 g/mol. The van der Waals surface area contributed by atoms with Crippen molar-refractivity contribution < 1.29 is 5.11 Å². The lowest BCUT2D eigenvalue weighted by atomic mass is 9.96. The van der Waals surface area contributed by atoms with Gasteiger partial charge in [0.25, 0.3) is 5.56 Å². The van der Waals surface area contributed by atoms with E-state index in [9.17, 15) is 9.90 Å². The van der Waals surface area contributed by atoms with E-state index in [4.69, 9.17) is 0 Å². The maximum atomic E-state index is 13.9. The summed E-state index contributed by atoms with van der Waals surface area (Å²) in [6, 6.07) is 22.9. The molecule has 1 saturated heterocycles. The van der Waals surface area contributed by atoms with Crippen LogP contribution in [-0.4, -0.2) is 50.7 Å². The van der Waals surface area contributed by atoms with Gasteiger partial charge in [-0.3, -0.25) is 14.7 Å². The van der Waals surface area contributed by atoms with Gasteiger partial charge in [0.1, 0.15) is 11.6 Å². The van der Waals surface area contributed by atoms with Crippen LogP contribution in [0.1, 0.15) is 28.6 Å². The van der Waals surface area contributed by atoms with E-state index in [0.717, 1.165) is 43.3 Å². The molecule has 1 aliphatic rings. The second-order valence-corrected chi connectivity index (χ2v) is 8.82. The second kappa shape index (κ2) is 10.1. The Bertz CT molecular complexity index is 1320. The van der Waals surface area contributed by atoms with Gasteiger partial charge in [-0.15, -0.1) is 0 Å². The zero-order valence-corrected chi connectivity index (χ0v) is 19.8. The minimum absolute atomic E-state index is 0.0331. The number of pyridine rings is 3. The molecule has 4 aromatic rings. The third kappa shape index (κ3) is 4.81. The molecule has 178 valence electrons. The molecule has 1 aromatic carbocycles. The highest BCUT2D eigenvalue weighted by Crippen LogP contribution is 2.33. The highest BCUT2D eigenvalue weighted by Gasteiger charge is 2.31. The molecule has 0 amide bonds. The summed E-state index contributed by atoms with van der Waals surface area (Å²) in [5.41, 5.74) is 2.71. The van der Waals surface area contributed by atoms with Gasteiger partial charge in [-0.05, 0) is 42.8 Å². The van der Waals surface area contributed by atoms with Crippen molar-refractivity contribution in [3.63, 3.8) is 0 Å². The number of aromatic hydroxyl groups is 1. The average Bonchev–Trinajstić information content (AvgIpc) is 2.91. The lowest BCUT2D eigenvalue weighted by molar-refractivity contribution is 0.207. The van der Waals surface area contributed by atoms with Crippen molar-refractivity contribution in [3.05, 3.63) is 118 Å². The van der Waals surface area contributed by atoms with E-state index in [1.165, 1.54) is 0 Å². The van der Waals surface area contributed by atoms with Gasteiger partial charge in [-0.25, -0.2) is 4.98 Å². The van der Waals surface area contributed by atoms with Gasteiger partial charge < -0.3 is 14.6 Å². The van der Waals surface area contributed by atoms with E-state index in [2.05, 4.69) is 19.8 Å². The Morgan fingerprint density at radius 3 is 2.23 bits per heavy atom. The maximum absolute atomic E-state index is 13.9. The SMILES string of the molecule is Cc1cc(O)c(C(c2ccccc2)N2CCN(c3ccccn3)CC2)c(=O)n1Cc1ccccn1. The van der Waals surface area contributed by atoms with Crippen molar-refractivity contribution in [2.45, 2.75) is 19.5 Å². The third-order valence-electron chi connectivity index (χ3n) is 6.61. The molecular formula is C28H29N5O2. The van der Waals surface area contributed by atoms with Gasteiger partial charge in [-0.2, -0.15) is 0 Å². The lowest BCUT2D eigenvalue weighted by Gasteiger charge is -2.40. The van der Waals surface area contributed by atoms with Crippen LogP contribution in [0.3, 0.4) is 0 Å². The molecule has 0 bridgehead atoms. The fourth-order valence-electron chi connectivity index (χ4n) is 4.82. The van der Waals surface area contributed by atoms with Crippen molar-refractivity contribution in [3.8, 4) is 5.75 Å². The van der Waals surface area contributed by atoms with E-state index in [0.29, 0.717) is 17.8 Å². The van der Waals surface area contributed by atoms with E-state index in [-0.39, 0.29) is 17.4 Å². The van der Waals surface area contributed by atoms with Crippen molar-refractivity contribution in [2.24, 2.45) is 0 Å². The number of aromatic nitrogens is 3. The summed E-state index contributed by atoms with van der Waals surface area (Å²) in [7, 11) is 0. The van der Waals surface area contributed by atoms with Crippen LogP contribution in [0.2, 0.25) is 0 Å². The molecule has 1 fully saturated rings. The first-order valence-corrected chi connectivity index (χ1v) is 11.9. The van der Waals surface area contributed by atoms with Gasteiger partial charge >= 0.3 is 0 Å². The molecule has 0 aliphatic carbocycles. The van der Waals surface area contributed by atoms with E-state index in [1.54, 1.807) is 16.8 Å². The molecule has 1 N–H and O–H groups in total. The smallest absolute Gasteiger partial charge is 0.260 e. The van der Waals surface area contributed by atoms with Crippen molar-refractivity contribution in [1.29, 1.82) is 0 Å². The predicted molar refractivity (Wildman–Crippen MR) is 137 cm³/mol. The maximum Gasteiger partial charge on any atom is 0.260 e. The fraction of sp³-hybridized carbons (Fsp3) is 0.250. The van der Waals surface area contributed by atoms with Gasteiger partial charge in [0, 0.05) is 44.3 Å². The Morgan fingerprint density at radius 2 is 1.57 bits per heavy atom. The topological polar surface area (TPSA) is 74.5 Å². The van der Waals surface area contributed by atoms with Crippen molar-refractivity contribution >= 4 is 5.82 Å². The van der Waals surface area contributed by atoms with Crippen LogP contribution >= 0.6 is 0 Å². The van der Waals surface area contributed by atoms with Gasteiger partial charge in [-0.1, -0.05) is 42.5 Å². The highest BCUT2D eigenvalue weighted by molar-refractivity contribution is 5.42. The number of hydrogen-bond donors (Lipinski definition) is 1. The van der Waals surface area contributed by atoms with Crippen LogP contribution in [0, 0.1) is 6.92 Å². The zero-order valence-electron chi connectivity index (χ0n) is 19.8. The molecule has 0 radical (unpaired) electrons. The van der Waals surface area contributed by atoms with Gasteiger partial charge in [0.2, 0.25) is 0 Å². The number of benzene rings is 1. The molecule has 7 nitrogen and oxygen atoms in total. The Labute approximate surface area is 204 Å². The van der Waals surface area contributed by atoms with Crippen LogP contribution in [0.5, 0.6) is 5.75 Å². The standard InChI is InChI=1S/C28H29N5O2/c1-21-19-24(34)26(28(35)33(21)20-23-11-5-7-13-29-23)27(22-9-3-2-4-10-22)32-17-15-31(16-18-32)25-12-6-8-14-30-25/h2-14,19,27,34H,15-18,20H2,1H3. The first kappa shape index (κ1) is 22.8. The van der Waals surface area contributed by atoms with Crippen LogP contribution in [0.4, 0.5) is 5.82 Å². The summed E-state index contributed by atoms with van der Waals surface area (Å²) < 4.78 is 1.71. The van der Waals surface area contributed by atoms with Crippen LogP contribution in [-0.2, 0) is 6.54 Å². The monoisotopic (exact) mass is 467 g/mol. The van der Waals surface area contributed by atoms with E-state index < -0.39 is 0 Å². The summed E-state index contributed by atoms with van der Waals surface area (Å²) in [5, 5.41) is 11.1. The lowest BCUT2D eigenvalue weighted by Crippen LogP contribution is -2.49. The molecule has 35 heavy (non-hydrogen) atoms. The Hall–Kier alpha value is -3.97. The summed E-state index contributed by atoms with van der Waals surface area (Å²) >= 11 is 0. The summed E-state index contributed by atoms with van der Waals surface area (Å²) in [5.74, 6) is 0.991. The van der Waals surface area contributed by atoms with Crippen LogP contribution in [0.25, 0.3) is 0 Å². The molecule has 4 heterocycles. The van der Waals surface area contributed by atoms with E-state index in [1.807, 2.05) is 79.9 Å². The summed E-state index contributed by atoms with van der Waals surface area (Å²) in [6.07, 6.45) is 3.54. The molecule has 1 unspecified atom stereocenters. The molecular weight excluding hydrogens is 438 g/mol. The summed E-state index contributed by atoms with van der Waals surface area (Å²) in [6.45, 7) is 5.25. The number of aryl methyl sites for hydroxylation is 1. The Balaban J connectivity index is 1.52. The predicted octanol–water partition coefficient (Wildman–Crippen LogP) is 3.61. The first-order valence-electron chi connectivity index (χ1n) is 11.9. The zero-order chi connectivity index (χ0) is 24.2. The fourth-order valence-corrected chi connectivity index (χ4v) is 4.82. The summed E-state index contributed by atoms with van der Waals surface area (Å²) in [4.78, 5) is 27.3. The molecule has 0 saturated carbocycles. The quantitative estimate of drug-likeness (QED) is 0.467. The molecule has 3 aromatic heterocycles. The second-order valence-electron chi connectivity index (χ2n) is 8.82. The minimum atomic E-state index is -0.356. The molecule has 5 rings (SSSR count). The Morgan fingerprint density at radius 1 is 0.886 bits per heavy atom. The number of piperazine rings is 1. The highest BCUT2D eigenvalue weighted by atomic mass is 16.3. The van der Waals surface area contributed by atoms with Crippen molar-refractivity contribution in [2.75, 3.05) is 31.1 Å². The van der Waals surface area contributed by atoms with E-state index >= 15 is 0 Å². The number of hydrogen-bond acceptors (Lipinski definition) is 6. The van der Waals surface area contributed by atoms with Gasteiger partial charge in [0.05, 0.1) is 23.8 Å². The molecule has 1 atom stereocenters. The minimum Gasteiger partial charge on any atom is -0.507 e.